The second-order valence-corrected chi connectivity index (χ2v) is 7.53. The quantitative estimate of drug-likeness (QED) is 0.369. The van der Waals surface area contributed by atoms with Gasteiger partial charge >= 0.3 is 0 Å². The Morgan fingerprint density at radius 1 is 1.28 bits per heavy atom. The van der Waals surface area contributed by atoms with Crippen molar-refractivity contribution in [3.63, 3.8) is 0 Å². The summed E-state index contributed by atoms with van der Waals surface area (Å²) < 4.78 is 0. The van der Waals surface area contributed by atoms with Crippen LogP contribution in [0.3, 0.4) is 0 Å². The summed E-state index contributed by atoms with van der Waals surface area (Å²) in [6, 6.07) is 7.90. The summed E-state index contributed by atoms with van der Waals surface area (Å²) in [4.78, 5) is 6.93. The number of guanidine groups is 1. The molecule has 1 aliphatic heterocycles. The van der Waals surface area contributed by atoms with Gasteiger partial charge in [0.2, 0.25) is 0 Å². The molecule has 1 aromatic carbocycles. The number of hydrogen-bond donors (Lipinski definition) is 2. The third kappa shape index (κ3) is 8.60. The van der Waals surface area contributed by atoms with Gasteiger partial charge < -0.3 is 15.5 Å². The van der Waals surface area contributed by atoms with Crippen LogP contribution in [0.2, 0.25) is 5.02 Å². The molecule has 1 fully saturated rings. The fourth-order valence-corrected chi connectivity index (χ4v) is 3.38. The molecule has 0 bridgehead atoms. The van der Waals surface area contributed by atoms with E-state index in [0.29, 0.717) is 5.92 Å². The van der Waals surface area contributed by atoms with Gasteiger partial charge in [-0.1, -0.05) is 37.6 Å². The lowest BCUT2D eigenvalue weighted by atomic mass is 9.97. The maximum atomic E-state index is 5.92. The van der Waals surface area contributed by atoms with Crippen molar-refractivity contribution in [1.82, 2.24) is 15.5 Å². The highest BCUT2D eigenvalue weighted by molar-refractivity contribution is 14.0. The smallest absolute Gasteiger partial charge is 0.191 e. The maximum absolute atomic E-state index is 5.92. The van der Waals surface area contributed by atoms with E-state index in [9.17, 15) is 0 Å². The highest BCUT2D eigenvalue weighted by Crippen LogP contribution is 2.16. The molecule has 0 aliphatic carbocycles. The number of nitrogens with zero attached hydrogens (tertiary/aromatic N) is 2. The third-order valence-corrected chi connectivity index (χ3v) is 4.63. The van der Waals surface area contributed by atoms with Gasteiger partial charge in [-0.15, -0.1) is 24.0 Å². The van der Waals surface area contributed by atoms with Gasteiger partial charge in [-0.3, -0.25) is 4.99 Å². The molecular weight excluding hydrogens is 447 g/mol. The molecule has 1 saturated heterocycles. The van der Waals surface area contributed by atoms with Crippen molar-refractivity contribution < 1.29 is 0 Å². The molecule has 1 atom stereocenters. The lowest BCUT2D eigenvalue weighted by Crippen LogP contribution is -2.44. The Morgan fingerprint density at radius 2 is 2.00 bits per heavy atom. The van der Waals surface area contributed by atoms with Crippen molar-refractivity contribution in [2.24, 2.45) is 16.8 Å². The van der Waals surface area contributed by atoms with Gasteiger partial charge in [0.05, 0.1) is 0 Å². The van der Waals surface area contributed by atoms with Crippen LogP contribution in [0.25, 0.3) is 0 Å². The standard InChI is InChI=1S/C19H31ClN4.HI/c1-15(2)13-24-10-4-5-17(14-24)12-23-19(21-3)22-11-16-6-8-18(20)9-7-16;/h6-9,15,17H,4-5,10-14H2,1-3H3,(H2,21,22,23);1H. The normalized spacial score (nSPS) is 18.8. The fraction of sp³-hybridized carbons (Fsp3) is 0.632. The van der Waals surface area contributed by atoms with Gasteiger partial charge in [0.25, 0.3) is 0 Å². The second-order valence-electron chi connectivity index (χ2n) is 7.09. The van der Waals surface area contributed by atoms with Crippen molar-refractivity contribution in [3.8, 4) is 0 Å². The molecule has 0 amide bonds. The van der Waals surface area contributed by atoms with E-state index in [1.807, 2.05) is 31.3 Å². The molecule has 1 aliphatic rings. The summed E-state index contributed by atoms with van der Waals surface area (Å²) in [7, 11) is 1.82. The topological polar surface area (TPSA) is 39.7 Å². The largest absolute Gasteiger partial charge is 0.356 e. The maximum Gasteiger partial charge on any atom is 0.191 e. The molecule has 0 radical (unpaired) electrons. The van der Waals surface area contributed by atoms with E-state index in [-0.39, 0.29) is 24.0 Å². The molecule has 25 heavy (non-hydrogen) atoms. The average molecular weight is 479 g/mol. The Bertz CT molecular complexity index is 519. The Balaban J connectivity index is 0.00000312. The highest BCUT2D eigenvalue weighted by atomic mass is 127. The number of piperidine rings is 1. The van der Waals surface area contributed by atoms with E-state index in [2.05, 4.69) is 34.4 Å². The van der Waals surface area contributed by atoms with Crippen LogP contribution in [-0.2, 0) is 6.54 Å². The Hall–Kier alpha value is -0.530. The van der Waals surface area contributed by atoms with Gasteiger partial charge in [0.1, 0.15) is 0 Å². The first-order valence-corrected chi connectivity index (χ1v) is 9.36. The molecule has 6 heteroatoms. The van der Waals surface area contributed by atoms with Gasteiger partial charge in [-0.05, 0) is 48.9 Å². The SMILES string of the molecule is CN=C(NCc1ccc(Cl)cc1)NCC1CCCN(CC(C)C)C1.I. The number of likely N-dealkylation sites (tertiary alicyclic amines) is 1. The molecule has 2 rings (SSSR count). The lowest BCUT2D eigenvalue weighted by molar-refractivity contribution is 0.159. The molecule has 0 saturated carbocycles. The number of benzene rings is 1. The summed E-state index contributed by atoms with van der Waals surface area (Å²) in [5.74, 6) is 2.31. The van der Waals surface area contributed by atoms with Crippen LogP contribution >= 0.6 is 35.6 Å². The summed E-state index contributed by atoms with van der Waals surface area (Å²) in [5, 5.41) is 7.62. The summed E-state index contributed by atoms with van der Waals surface area (Å²) in [5.41, 5.74) is 1.20. The minimum atomic E-state index is 0. The predicted molar refractivity (Wildman–Crippen MR) is 119 cm³/mol. The van der Waals surface area contributed by atoms with Crippen molar-refractivity contribution in [3.05, 3.63) is 34.9 Å². The summed E-state index contributed by atoms with van der Waals surface area (Å²) in [6.45, 7) is 9.97. The van der Waals surface area contributed by atoms with E-state index in [1.165, 1.54) is 38.0 Å². The predicted octanol–water partition coefficient (Wildman–Crippen LogP) is 3.99. The van der Waals surface area contributed by atoms with E-state index < -0.39 is 0 Å². The van der Waals surface area contributed by atoms with Crippen LogP contribution in [0.15, 0.2) is 29.3 Å². The van der Waals surface area contributed by atoms with E-state index >= 15 is 0 Å². The lowest BCUT2D eigenvalue weighted by Gasteiger charge is -2.34. The molecule has 2 N–H and O–H groups in total. The molecule has 0 aromatic heterocycles. The molecule has 1 unspecified atom stereocenters. The first kappa shape index (κ1) is 22.5. The molecular formula is C19H32ClIN4. The molecule has 4 nitrogen and oxygen atoms in total. The van der Waals surface area contributed by atoms with Crippen molar-refractivity contribution >= 4 is 41.5 Å². The third-order valence-electron chi connectivity index (χ3n) is 4.38. The second kappa shape index (κ2) is 12.0. The number of hydrogen-bond acceptors (Lipinski definition) is 2. The van der Waals surface area contributed by atoms with Crippen LogP contribution in [-0.4, -0.2) is 44.1 Å². The van der Waals surface area contributed by atoms with Gasteiger partial charge in [-0.2, -0.15) is 0 Å². The van der Waals surface area contributed by atoms with E-state index in [1.54, 1.807) is 0 Å². The number of rotatable bonds is 6. The van der Waals surface area contributed by atoms with Crippen LogP contribution in [0.5, 0.6) is 0 Å². The minimum Gasteiger partial charge on any atom is -0.356 e. The van der Waals surface area contributed by atoms with E-state index in [4.69, 9.17) is 11.6 Å². The van der Waals surface area contributed by atoms with Crippen molar-refractivity contribution in [2.75, 3.05) is 33.2 Å². The molecule has 142 valence electrons. The van der Waals surface area contributed by atoms with Crippen molar-refractivity contribution in [1.29, 1.82) is 0 Å². The fourth-order valence-electron chi connectivity index (χ4n) is 3.25. The number of halogens is 2. The molecule has 1 heterocycles. The molecule has 0 spiro atoms. The van der Waals surface area contributed by atoms with E-state index in [0.717, 1.165) is 30.0 Å². The first-order chi connectivity index (χ1) is 11.6. The summed E-state index contributed by atoms with van der Waals surface area (Å²) >= 11 is 5.92. The van der Waals surface area contributed by atoms with Crippen LogP contribution < -0.4 is 10.6 Å². The van der Waals surface area contributed by atoms with Crippen LogP contribution in [0.4, 0.5) is 0 Å². The molecule has 1 aromatic rings. The number of nitrogens with one attached hydrogen (secondary N) is 2. The Morgan fingerprint density at radius 3 is 2.64 bits per heavy atom. The highest BCUT2D eigenvalue weighted by Gasteiger charge is 2.20. The summed E-state index contributed by atoms with van der Waals surface area (Å²) in [6.07, 6.45) is 2.60. The zero-order chi connectivity index (χ0) is 17.4. The number of aliphatic imine (C=N–C) groups is 1. The van der Waals surface area contributed by atoms with Crippen LogP contribution in [0.1, 0.15) is 32.3 Å². The zero-order valence-corrected chi connectivity index (χ0v) is 18.7. The van der Waals surface area contributed by atoms with Gasteiger partial charge in [0.15, 0.2) is 5.96 Å². The first-order valence-electron chi connectivity index (χ1n) is 8.98. The zero-order valence-electron chi connectivity index (χ0n) is 15.6. The van der Waals surface area contributed by atoms with Crippen LogP contribution in [0, 0.1) is 11.8 Å². The minimum absolute atomic E-state index is 0. The Labute approximate surface area is 174 Å². The van der Waals surface area contributed by atoms with Gasteiger partial charge in [0, 0.05) is 38.2 Å². The Kier molecular flexibility index (Phi) is 10.8. The van der Waals surface area contributed by atoms with Crippen molar-refractivity contribution in [2.45, 2.75) is 33.2 Å². The average Bonchev–Trinajstić information content (AvgIpc) is 2.56. The monoisotopic (exact) mass is 478 g/mol. The van der Waals surface area contributed by atoms with Gasteiger partial charge in [-0.25, -0.2) is 0 Å².